The van der Waals surface area contributed by atoms with Crippen LogP contribution in [0.5, 0.6) is 0 Å². The van der Waals surface area contributed by atoms with Gasteiger partial charge in [-0.05, 0) is 49.2 Å². The average molecular weight is 306 g/mol. The van der Waals surface area contributed by atoms with Crippen LogP contribution in [0.3, 0.4) is 0 Å². The molecule has 1 aliphatic rings. The molecule has 0 saturated carbocycles. The highest BCUT2D eigenvalue weighted by atomic mass is 35.5. The van der Waals surface area contributed by atoms with Crippen LogP contribution < -0.4 is 5.32 Å². The molecule has 1 aromatic heterocycles. The Labute approximate surface area is 128 Å². The normalized spacial score (nSPS) is 17.9. The fourth-order valence-corrected chi connectivity index (χ4v) is 2.44. The van der Waals surface area contributed by atoms with Gasteiger partial charge >= 0.3 is 0 Å². The molecule has 1 amide bonds. The predicted molar refractivity (Wildman–Crippen MR) is 80.0 cm³/mol. The molecule has 1 aromatic carbocycles. The largest absolute Gasteiger partial charge is 0.459 e. The Bertz CT molecular complexity index is 615. The van der Waals surface area contributed by atoms with Crippen molar-refractivity contribution in [2.75, 3.05) is 6.61 Å². The summed E-state index contributed by atoms with van der Waals surface area (Å²) in [6.45, 7) is 1.03. The molecule has 2 aromatic rings. The first-order valence-electron chi connectivity index (χ1n) is 6.96. The molecule has 1 atom stereocenters. The predicted octanol–water partition coefficient (Wildman–Crippen LogP) is 3.40. The fourth-order valence-electron chi connectivity index (χ4n) is 2.31. The van der Waals surface area contributed by atoms with Crippen LogP contribution in [-0.2, 0) is 16.1 Å². The monoisotopic (exact) mass is 305 g/mol. The lowest BCUT2D eigenvalue weighted by molar-refractivity contribution is -0.130. The Hall–Kier alpha value is -1.78. The van der Waals surface area contributed by atoms with Crippen molar-refractivity contribution in [3.8, 4) is 11.3 Å². The lowest BCUT2D eigenvalue weighted by atomic mass is 10.2. The molecule has 1 unspecified atom stereocenters. The number of benzene rings is 1. The van der Waals surface area contributed by atoms with Crippen molar-refractivity contribution >= 4 is 17.5 Å². The molecule has 0 bridgehead atoms. The van der Waals surface area contributed by atoms with Gasteiger partial charge in [0.1, 0.15) is 17.6 Å². The minimum atomic E-state index is -0.310. The molecule has 3 rings (SSSR count). The van der Waals surface area contributed by atoms with E-state index in [-0.39, 0.29) is 12.0 Å². The first kappa shape index (κ1) is 14.2. The third kappa shape index (κ3) is 3.46. The van der Waals surface area contributed by atoms with E-state index in [0.29, 0.717) is 23.9 Å². The molecule has 0 radical (unpaired) electrons. The van der Waals surface area contributed by atoms with Gasteiger partial charge < -0.3 is 14.5 Å². The third-order valence-corrected chi connectivity index (χ3v) is 3.70. The second-order valence-corrected chi connectivity index (χ2v) is 5.43. The second-order valence-electron chi connectivity index (χ2n) is 4.99. The van der Waals surface area contributed by atoms with E-state index in [1.807, 2.05) is 36.4 Å². The molecule has 0 spiro atoms. The molecule has 1 N–H and O–H groups in total. The maximum atomic E-state index is 11.8. The molecule has 1 aliphatic heterocycles. The molecule has 1 fully saturated rings. The summed E-state index contributed by atoms with van der Waals surface area (Å²) in [6, 6.07) is 11.2. The number of hydrogen-bond acceptors (Lipinski definition) is 3. The first-order chi connectivity index (χ1) is 10.2. The number of hydrogen-bond donors (Lipinski definition) is 1. The van der Waals surface area contributed by atoms with Crippen LogP contribution in [-0.4, -0.2) is 18.6 Å². The number of halogens is 1. The van der Waals surface area contributed by atoms with Crippen molar-refractivity contribution in [2.24, 2.45) is 0 Å². The van der Waals surface area contributed by atoms with Crippen LogP contribution in [0.2, 0.25) is 5.02 Å². The summed E-state index contributed by atoms with van der Waals surface area (Å²) in [7, 11) is 0. The third-order valence-electron chi connectivity index (χ3n) is 3.45. The zero-order valence-electron chi connectivity index (χ0n) is 11.5. The van der Waals surface area contributed by atoms with E-state index in [9.17, 15) is 4.79 Å². The molecule has 5 heteroatoms. The van der Waals surface area contributed by atoms with Crippen molar-refractivity contribution < 1.29 is 13.9 Å². The van der Waals surface area contributed by atoms with Crippen LogP contribution in [0.1, 0.15) is 18.6 Å². The van der Waals surface area contributed by atoms with E-state index in [1.165, 1.54) is 0 Å². The number of carbonyl (C=O) groups excluding carboxylic acids is 1. The number of nitrogens with one attached hydrogen (secondary N) is 1. The van der Waals surface area contributed by atoms with Gasteiger partial charge in [0.15, 0.2) is 0 Å². The lowest BCUT2D eigenvalue weighted by Gasteiger charge is -2.08. The molecular formula is C16H16ClNO3. The van der Waals surface area contributed by atoms with Crippen molar-refractivity contribution in [1.82, 2.24) is 5.32 Å². The summed E-state index contributed by atoms with van der Waals surface area (Å²) in [5.74, 6) is 1.40. The Morgan fingerprint density at radius 1 is 1.24 bits per heavy atom. The quantitative estimate of drug-likeness (QED) is 0.942. The zero-order chi connectivity index (χ0) is 14.7. The van der Waals surface area contributed by atoms with Crippen molar-refractivity contribution in [3.63, 3.8) is 0 Å². The molecule has 1 saturated heterocycles. The van der Waals surface area contributed by atoms with Crippen molar-refractivity contribution in [3.05, 3.63) is 47.2 Å². The molecular weight excluding hydrogens is 290 g/mol. The van der Waals surface area contributed by atoms with Crippen molar-refractivity contribution in [2.45, 2.75) is 25.5 Å². The highest BCUT2D eigenvalue weighted by Gasteiger charge is 2.23. The Morgan fingerprint density at radius 2 is 2.05 bits per heavy atom. The summed E-state index contributed by atoms with van der Waals surface area (Å²) in [5.41, 5.74) is 0.955. The van der Waals surface area contributed by atoms with E-state index in [1.54, 1.807) is 0 Å². The molecule has 0 aliphatic carbocycles. The molecule has 2 heterocycles. The summed E-state index contributed by atoms with van der Waals surface area (Å²) in [5, 5.41) is 3.53. The highest BCUT2D eigenvalue weighted by molar-refractivity contribution is 6.30. The Kier molecular flexibility index (Phi) is 4.27. The summed E-state index contributed by atoms with van der Waals surface area (Å²) >= 11 is 5.86. The fraction of sp³-hybridized carbons (Fsp3) is 0.312. The minimum Gasteiger partial charge on any atom is -0.459 e. The van der Waals surface area contributed by atoms with Gasteiger partial charge in [0.05, 0.1) is 6.54 Å². The van der Waals surface area contributed by atoms with Gasteiger partial charge in [-0.25, -0.2) is 0 Å². The van der Waals surface area contributed by atoms with Gasteiger partial charge in [-0.2, -0.15) is 0 Å². The van der Waals surface area contributed by atoms with Gasteiger partial charge in [-0.1, -0.05) is 11.6 Å². The number of amides is 1. The summed E-state index contributed by atoms with van der Waals surface area (Å²) in [4.78, 5) is 11.8. The molecule has 4 nitrogen and oxygen atoms in total. The van der Waals surface area contributed by atoms with E-state index in [0.717, 1.165) is 24.2 Å². The number of rotatable bonds is 4. The van der Waals surface area contributed by atoms with Crippen LogP contribution >= 0.6 is 11.6 Å². The van der Waals surface area contributed by atoms with Crippen LogP contribution in [0.15, 0.2) is 40.8 Å². The van der Waals surface area contributed by atoms with E-state index in [2.05, 4.69) is 5.32 Å². The van der Waals surface area contributed by atoms with Crippen LogP contribution in [0, 0.1) is 0 Å². The molecule has 110 valence electrons. The Balaban J connectivity index is 1.60. The van der Waals surface area contributed by atoms with Gasteiger partial charge in [0, 0.05) is 17.2 Å². The van der Waals surface area contributed by atoms with Gasteiger partial charge in [0.25, 0.3) is 0 Å². The zero-order valence-corrected chi connectivity index (χ0v) is 12.2. The van der Waals surface area contributed by atoms with Gasteiger partial charge in [0.2, 0.25) is 5.91 Å². The average Bonchev–Trinajstić information content (AvgIpc) is 3.17. The maximum Gasteiger partial charge on any atom is 0.249 e. The Morgan fingerprint density at radius 3 is 2.76 bits per heavy atom. The van der Waals surface area contributed by atoms with Gasteiger partial charge in [-0.3, -0.25) is 4.79 Å². The second kappa shape index (κ2) is 6.33. The number of furan rings is 1. The number of carbonyl (C=O) groups is 1. The maximum absolute atomic E-state index is 11.8. The smallest absolute Gasteiger partial charge is 0.249 e. The van der Waals surface area contributed by atoms with E-state index in [4.69, 9.17) is 20.8 Å². The first-order valence-corrected chi connectivity index (χ1v) is 7.34. The summed E-state index contributed by atoms with van der Waals surface area (Å²) < 4.78 is 11.1. The molecule has 21 heavy (non-hydrogen) atoms. The summed E-state index contributed by atoms with van der Waals surface area (Å²) in [6.07, 6.45) is 1.43. The minimum absolute atomic E-state index is 0.0723. The standard InChI is InChI=1S/C16H16ClNO3/c17-12-5-3-11(4-6-12)14-8-7-13(21-14)10-18-16(19)15-2-1-9-20-15/h3-8,15H,1-2,9-10H2,(H,18,19). The van der Waals surface area contributed by atoms with E-state index >= 15 is 0 Å². The van der Waals surface area contributed by atoms with E-state index < -0.39 is 0 Å². The number of ether oxygens (including phenoxy) is 1. The highest BCUT2D eigenvalue weighted by Crippen LogP contribution is 2.23. The van der Waals surface area contributed by atoms with Crippen LogP contribution in [0.25, 0.3) is 11.3 Å². The van der Waals surface area contributed by atoms with Crippen molar-refractivity contribution in [1.29, 1.82) is 0 Å². The van der Waals surface area contributed by atoms with Gasteiger partial charge in [-0.15, -0.1) is 0 Å². The lowest BCUT2D eigenvalue weighted by Crippen LogP contribution is -2.33. The topological polar surface area (TPSA) is 51.5 Å². The van der Waals surface area contributed by atoms with Crippen LogP contribution in [0.4, 0.5) is 0 Å². The SMILES string of the molecule is O=C(NCc1ccc(-c2ccc(Cl)cc2)o1)C1CCCO1.